The smallest absolute Gasteiger partial charge is 0.409 e. The highest BCUT2D eigenvalue weighted by atomic mass is 19.3. The molecule has 0 atom stereocenters. The number of carbonyl (C=O) groups is 2. The molecule has 1 aliphatic rings. The first-order valence-corrected chi connectivity index (χ1v) is 8.05. The van der Waals surface area contributed by atoms with Crippen molar-refractivity contribution in [2.45, 2.75) is 13.5 Å². The predicted octanol–water partition coefficient (Wildman–Crippen LogP) is 2.60. The summed E-state index contributed by atoms with van der Waals surface area (Å²) in [5, 5.41) is 2.54. The number of nitrogens with zero attached hydrogens (tertiary/aromatic N) is 2. The molecule has 0 radical (unpaired) electrons. The highest BCUT2D eigenvalue weighted by molar-refractivity contribution is 5.91. The standard InChI is InChI=1S/C16H21F2N3O5/c1-3-25-16(23)21-8-6-20(7-9-21)15(22)19-12-10-11(24-2)4-5-13(12)26-14(17)18/h4-5,10,14H,3,6-9H2,1-2H3,(H,19,22). The van der Waals surface area contributed by atoms with E-state index in [4.69, 9.17) is 9.47 Å². The first-order chi connectivity index (χ1) is 12.4. The van der Waals surface area contributed by atoms with Crippen molar-refractivity contribution in [3.63, 3.8) is 0 Å². The second-order valence-corrected chi connectivity index (χ2v) is 5.34. The molecule has 10 heteroatoms. The maximum absolute atomic E-state index is 12.5. The van der Waals surface area contributed by atoms with Gasteiger partial charge in [0.05, 0.1) is 19.4 Å². The molecule has 0 spiro atoms. The Labute approximate surface area is 149 Å². The maximum atomic E-state index is 12.5. The van der Waals surface area contributed by atoms with Crippen LogP contribution in [0.1, 0.15) is 6.92 Å². The molecule has 1 aromatic carbocycles. The van der Waals surface area contributed by atoms with Crippen molar-refractivity contribution in [3.8, 4) is 11.5 Å². The van der Waals surface area contributed by atoms with Crippen molar-refractivity contribution in [2.24, 2.45) is 0 Å². The van der Waals surface area contributed by atoms with Gasteiger partial charge in [0.15, 0.2) is 0 Å². The molecule has 1 aliphatic heterocycles. The van der Waals surface area contributed by atoms with E-state index in [0.717, 1.165) is 0 Å². The molecular weight excluding hydrogens is 352 g/mol. The highest BCUT2D eigenvalue weighted by Crippen LogP contribution is 2.30. The van der Waals surface area contributed by atoms with Gasteiger partial charge in [0, 0.05) is 32.2 Å². The number of anilines is 1. The van der Waals surface area contributed by atoms with E-state index in [1.165, 1.54) is 35.1 Å². The van der Waals surface area contributed by atoms with Crippen LogP contribution in [-0.2, 0) is 4.74 Å². The Morgan fingerprint density at radius 3 is 2.42 bits per heavy atom. The number of benzene rings is 1. The minimum atomic E-state index is -3.02. The SMILES string of the molecule is CCOC(=O)N1CCN(C(=O)Nc2cc(OC)ccc2OC(F)F)CC1. The molecule has 26 heavy (non-hydrogen) atoms. The van der Waals surface area contributed by atoms with Crippen molar-refractivity contribution in [3.05, 3.63) is 18.2 Å². The summed E-state index contributed by atoms with van der Waals surface area (Å²) >= 11 is 0. The largest absolute Gasteiger partial charge is 0.497 e. The molecular formula is C16H21F2N3O5. The Balaban J connectivity index is 2.00. The number of alkyl halides is 2. The number of piperazine rings is 1. The van der Waals surface area contributed by atoms with E-state index in [9.17, 15) is 18.4 Å². The summed E-state index contributed by atoms with van der Waals surface area (Å²) in [7, 11) is 1.42. The molecule has 8 nitrogen and oxygen atoms in total. The van der Waals surface area contributed by atoms with Gasteiger partial charge in [-0.05, 0) is 19.1 Å². The zero-order valence-corrected chi connectivity index (χ0v) is 14.5. The lowest BCUT2D eigenvalue weighted by molar-refractivity contribution is -0.0493. The Morgan fingerprint density at radius 2 is 1.85 bits per heavy atom. The molecule has 144 valence electrons. The third kappa shape index (κ3) is 5.11. The summed E-state index contributed by atoms with van der Waals surface area (Å²) in [5.74, 6) is 0.216. The monoisotopic (exact) mass is 373 g/mol. The van der Waals surface area contributed by atoms with Gasteiger partial charge < -0.3 is 29.3 Å². The van der Waals surface area contributed by atoms with Crippen LogP contribution in [-0.4, -0.2) is 68.4 Å². The zero-order valence-electron chi connectivity index (χ0n) is 14.5. The number of carbonyl (C=O) groups excluding carboxylic acids is 2. The Hall–Kier alpha value is -2.78. The fourth-order valence-corrected chi connectivity index (χ4v) is 2.43. The third-order valence-electron chi connectivity index (χ3n) is 3.74. The molecule has 0 aliphatic carbocycles. The predicted molar refractivity (Wildman–Crippen MR) is 88.8 cm³/mol. The minimum absolute atomic E-state index is 0.0717. The molecule has 1 saturated heterocycles. The highest BCUT2D eigenvalue weighted by Gasteiger charge is 2.25. The number of halogens is 2. The van der Waals surface area contributed by atoms with Crippen LogP contribution in [0, 0.1) is 0 Å². The van der Waals surface area contributed by atoms with Crippen molar-refractivity contribution in [1.82, 2.24) is 9.80 Å². The summed E-state index contributed by atoms with van der Waals surface area (Å²) in [6, 6.07) is 3.65. The van der Waals surface area contributed by atoms with Crippen LogP contribution in [0.15, 0.2) is 18.2 Å². The Kier molecular flexibility index (Phi) is 6.81. The quantitative estimate of drug-likeness (QED) is 0.858. The van der Waals surface area contributed by atoms with E-state index in [1.807, 2.05) is 0 Å². The molecule has 0 aromatic heterocycles. The maximum Gasteiger partial charge on any atom is 0.409 e. The van der Waals surface area contributed by atoms with Gasteiger partial charge in [0.25, 0.3) is 0 Å². The first kappa shape index (κ1) is 19.5. The van der Waals surface area contributed by atoms with Gasteiger partial charge in [-0.25, -0.2) is 9.59 Å². The number of amides is 3. The summed E-state index contributed by atoms with van der Waals surface area (Å²) in [5.41, 5.74) is 0.0717. The van der Waals surface area contributed by atoms with E-state index in [1.54, 1.807) is 6.92 Å². The third-order valence-corrected chi connectivity index (χ3v) is 3.74. The van der Waals surface area contributed by atoms with Crippen LogP contribution in [0.5, 0.6) is 11.5 Å². The normalized spacial score (nSPS) is 14.2. The fourth-order valence-electron chi connectivity index (χ4n) is 2.43. The van der Waals surface area contributed by atoms with E-state index < -0.39 is 18.7 Å². The Bertz CT molecular complexity index is 636. The summed E-state index contributed by atoms with van der Waals surface area (Å²) in [4.78, 5) is 27.0. The number of hydrogen-bond acceptors (Lipinski definition) is 5. The van der Waals surface area contributed by atoms with Gasteiger partial charge in [0.2, 0.25) is 0 Å². The molecule has 1 heterocycles. The van der Waals surface area contributed by atoms with Gasteiger partial charge in [0.1, 0.15) is 11.5 Å². The topological polar surface area (TPSA) is 80.3 Å². The van der Waals surface area contributed by atoms with Crippen molar-refractivity contribution in [1.29, 1.82) is 0 Å². The summed E-state index contributed by atoms with van der Waals surface area (Å²) in [6.45, 7) is 0.207. The zero-order chi connectivity index (χ0) is 19.1. The summed E-state index contributed by atoms with van der Waals surface area (Å²) in [6.07, 6.45) is -0.423. The van der Waals surface area contributed by atoms with Crippen LogP contribution in [0.3, 0.4) is 0 Å². The van der Waals surface area contributed by atoms with Gasteiger partial charge in [-0.3, -0.25) is 0 Å². The second kappa shape index (κ2) is 9.07. The van der Waals surface area contributed by atoms with Crippen LogP contribution in [0.4, 0.5) is 24.1 Å². The molecule has 1 aromatic rings. The first-order valence-electron chi connectivity index (χ1n) is 8.05. The number of nitrogens with one attached hydrogen (secondary N) is 1. The lowest BCUT2D eigenvalue weighted by Crippen LogP contribution is -2.51. The van der Waals surface area contributed by atoms with E-state index >= 15 is 0 Å². The molecule has 0 saturated carbocycles. The van der Waals surface area contributed by atoms with Crippen LogP contribution < -0.4 is 14.8 Å². The number of rotatable bonds is 5. The number of hydrogen-bond donors (Lipinski definition) is 1. The summed E-state index contributed by atoms with van der Waals surface area (Å²) < 4.78 is 39.4. The van der Waals surface area contributed by atoms with Gasteiger partial charge in [-0.1, -0.05) is 0 Å². The fraction of sp³-hybridized carbons (Fsp3) is 0.500. The lowest BCUT2D eigenvalue weighted by atomic mass is 10.2. The van der Waals surface area contributed by atoms with Gasteiger partial charge >= 0.3 is 18.7 Å². The Morgan fingerprint density at radius 1 is 1.19 bits per heavy atom. The van der Waals surface area contributed by atoms with Crippen LogP contribution in [0.2, 0.25) is 0 Å². The van der Waals surface area contributed by atoms with Crippen molar-refractivity contribution >= 4 is 17.8 Å². The lowest BCUT2D eigenvalue weighted by Gasteiger charge is -2.34. The van der Waals surface area contributed by atoms with Crippen LogP contribution in [0.25, 0.3) is 0 Å². The average Bonchev–Trinajstić information content (AvgIpc) is 2.63. The molecule has 0 unspecified atom stereocenters. The number of methoxy groups -OCH3 is 1. The number of ether oxygens (including phenoxy) is 3. The minimum Gasteiger partial charge on any atom is -0.497 e. The van der Waals surface area contributed by atoms with E-state index in [2.05, 4.69) is 10.1 Å². The molecule has 0 bridgehead atoms. The molecule has 1 fully saturated rings. The van der Waals surface area contributed by atoms with Gasteiger partial charge in [-0.15, -0.1) is 0 Å². The molecule has 2 rings (SSSR count). The van der Waals surface area contributed by atoms with Crippen molar-refractivity contribution < 1.29 is 32.6 Å². The second-order valence-electron chi connectivity index (χ2n) is 5.34. The van der Waals surface area contributed by atoms with Crippen LogP contribution >= 0.6 is 0 Å². The van der Waals surface area contributed by atoms with Gasteiger partial charge in [-0.2, -0.15) is 8.78 Å². The molecule has 1 N–H and O–H groups in total. The number of urea groups is 1. The van der Waals surface area contributed by atoms with E-state index in [0.29, 0.717) is 31.9 Å². The van der Waals surface area contributed by atoms with E-state index in [-0.39, 0.29) is 18.0 Å². The molecule has 3 amide bonds. The van der Waals surface area contributed by atoms with Crippen molar-refractivity contribution in [2.75, 3.05) is 45.2 Å². The average molecular weight is 373 g/mol.